The number of hydrogen-bond acceptors (Lipinski definition) is 4. The second-order valence-electron chi connectivity index (χ2n) is 5.58. The highest BCUT2D eigenvalue weighted by molar-refractivity contribution is 7.99. The highest BCUT2D eigenvalue weighted by atomic mass is 32.2. The fraction of sp³-hybridized carbons (Fsp3) is 0.667. The third-order valence-corrected chi connectivity index (χ3v) is 4.84. The van der Waals surface area contributed by atoms with Gasteiger partial charge in [0.2, 0.25) is 0 Å². The van der Waals surface area contributed by atoms with E-state index in [9.17, 15) is 0 Å². The van der Waals surface area contributed by atoms with Crippen LogP contribution in [0, 0.1) is 6.92 Å². The molecule has 0 radical (unpaired) electrons. The molecular weight excluding hydrogens is 254 g/mol. The maximum atomic E-state index is 4.77. The summed E-state index contributed by atoms with van der Waals surface area (Å²) in [6.07, 6.45) is 1.28. The molecule has 106 valence electrons. The molecule has 0 bridgehead atoms. The number of aromatic nitrogens is 1. The van der Waals surface area contributed by atoms with Crippen molar-refractivity contribution in [2.24, 2.45) is 0 Å². The quantitative estimate of drug-likeness (QED) is 0.897. The van der Waals surface area contributed by atoms with Gasteiger partial charge < -0.3 is 10.2 Å². The molecule has 0 saturated carbocycles. The van der Waals surface area contributed by atoms with Crippen molar-refractivity contribution in [2.45, 2.75) is 45.8 Å². The minimum Gasteiger partial charge on any atom is -0.356 e. The van der Waals surface area contributed by atoms with Crippen molar-refractivity contribution in [3.63, 3.8) is 0 Å². The zero-order valence-electron chi connectivity index (χ0n) is 12.4. The van der Waals surface area contributed by atoms with Crippen molar-refractivity contribution in [3.8, 4) is 0 Å². The lowest BCUT2D eigenvalue weighted by molar-refractivity contribution is 0.586. The van der Waals surface area contributed by atoms with Crippen molar-refractivity contribution in [1.82, 2.24) is 10.3 Å². The van der Waals surface area contributed by atoms with Crippen LogP contribution in [-0.2, 0) is 6.54 Å². The SMILES string of the molecule is Cc1nc(N(C)C2CCSC2)ccc1CNC(C)C. The minimum absolute atomic E-state index is 0.511. The molecule has 2 rings (SSSR count). The number of anilines is 1. The van der Waals surface area contributed by atoms with E-state index < -0.39 is 0 Å². The van der Waals surface area contributed by atoms with E-state index in [2.05, 4.69) is 50.2 Å². The first kappa shape index (κ1) is 14.7. The number of pyridine rings is 1. The zero-order valence-corrected chi connectivity index (χ0v) is 13.3. The van der Waals surface area contributed by atoms with E-state index in [-0.39, 0.29) is 0 Å². The molecule has 19 heavy (non-hydrogen) atoms. The first-order valence-corrected chi connectivity index (χ1v) is 8.24. The Hall–Kier alpha value is -0.740. The third kappa shape index (κ3) is 3.86. The molecular formula is C15H25N3S. The summed E-state index contributed by atoms with van der Waals surface area (Å²) in [5, 5.41) is 3.45. The number of hydrogen-bond donors (Lipinski definition) is 1. The van der Waals surface area contributed by atoms with Crippen LogP contribution in [0.4, 0.5) is 5.82 Å². The van der Waals surface area contributed by atoms with Crippen molar-refractivity contribution in [2.75, 3.05) is 23.5 Å². The van der Waals surface area contributed by atoms with Gasteiger partial charge in [-0.25, -0.2) is 4.98 Å². The predicted octanol–water partition coefficient (Wildman–Crippen LogP) is 2.83. The van der Waals surface area contributed by atoms with Gasteiger partial charge >= 0.3 is 0 Å². The van der Waals surface area contributed by atoms with Gasteiger partial charge in [0.15, 0.2) is 0 Å². The van der Waals surface area contributed by atoms with Crippen molar-refractivity contribution < 1.29 is 0 Å². The molecule has 1 aromatic heterocycles. The summed E-state index contributed by atoms with van der Waals surface area (Å²) in [5.41, 5.74) is 2.44. The highest BCUT2D eigenvalue weighted by Crippen LogP contribution is 2.25. The van der Waals surface area contributed by atoms with E-state index in [1.165, 1.54) is 23.5 Å². The molecule has 1 fully saturated rings. The molecule has 1 atom stereocenters. The van der Waals surface area contributed by atoms with Gasteiger partial charge in [0.1, 0.15) is 5.82 Å². The minimum atomic E-state index is 0.511. The molecule has 0 aromatic carbocycles. The average molecular weight is 279 g/mol. The highest BCUT2D eigenvalue weighted by Gasteiger charge is 2.21. The van der Waals surface area contributed by atoms with Crippen LogP contribution < -0.4 is 10.2 Å². The molecule has 1 aliphatic heterocycles. The fourth-order valence-electron chi connectivity index (χ4n) is 2.29. The normalized spacial score (nSPS) is 19.1. The molecule has 1 unspecified atom stereocenters. The fourth-order valence-corrected chi connectivity index (χ4v) is 3.56. The average Bonchev–Trinajstić information content (AvgIpc) is 2.90. The lowest BCUT2D eigenvalue weighted by Gasteiger charge is -2.25. The van der Waals surface area contributed by atoms with Crippen molar-refractivity contribution in [1.29, 1.82) is 0 Å². The van der Waals surface area contributed by atoms with Crippen LogP contribution in [0.3, 0.4) is 0 Å². The van der Waals surface area contributed by atoms with Gasteiger partial charge in [-0.3, -0.25) is 0 Å². The summed E-state index contributed by atoms with van der Waals surface area (Å²) in [6.45, 7) is 7.35. The smallest absolute Gasteiger partial charge is 0.128 e. The van der Waals surface area contributed by atoms with Crippen LogP contribution >= 0.6 is 11.8 Å². The Labute approximate surface area is 121 Å². The van der Waals surface area contributed by atoms with E-state index in [1.54, 1.807) is 0 Å². The predicted molar refractivity (Wildman–Crippen MR) is 85.1 cm³/mol. The molecule has 1 saturated heterocycles. The lowest BCUT2D eigenvalue weighted by Crippen LogP contribution is -2.32. The van der Waals surface area contributed by atoms with Crippen LogP contribution in [0.1, 0.15) is 31.5 Å². The van der Waals surface area contributed by atoms with Gasteiger partial charge in [-0.15, -0.1) is 0 Å². The van der Waals surface area contributed by atoms with Gasteiger partial charge in [-0.05, 0) is 30.7 Å². The lowest BCUT2D eigenvalue weighted by atomic mass is 10.1. The Balaban J connectivity index is 2.05. The van der Waals surface area contributed by atoms with Crippen LogP contribution in [0.25, 0.3) is 0 Å². The van der Waals surface area contributed by atoms with Gasteiger partial charge in [0.05, 0.1) is 0 Å². The number of rotatable bonds is 5. The van der Waals surface area contributed by atoms with E-state index in [1.807, 2.05) is 11.8 Å². The van der Waals surface area contributed by atoms with E-state index >= 15 is 0 Å². The molecule has 1 N–H and O–H groups in total. The second-order valence-corrected chi connectivity index (χ2v) is 6.73. The maximum absolute atomic E-state index is 4.77. The Morgan fingerprint density at radius 2 is 2.26 bits per heavy atom. The summed E-state index contributed by atoms with van der Waals surface area (Å²) in [5.74, 6) is 3.62. The Bertz CT molecular complexity index is 414. The Morgan fingerprint density at radius 1 is 1.47 bits per heavy atom. The first-order valence-electron chi connectivity index (χ1n) is 7.08. The summed E-state index contributed by atoms with van der Waals surface area (Å²) < 4.78 is 0. The standard InChI is InChI=1S/C15H25N3S/c1-11(2)16-9-13-5-6-15(17-12(13)3)18(4)14-7-8-19-10-14/h5-6,11,14,16H,7-10H2,1-4H3. The number of thioether (sulfide) groups is 1. The van der Waals surface area contributed by atoms with Crippen molar-refractivity contribution >= 4 is 17.6 Å². The molecule has 1 aliphatic rings. The van der Waals surface area contributed by atoms with Crippen LogP contribution in [0.2, 0.25) is 0 Å². The van der Waals surface area contributed by atoms with Crippen LogP contribution in [0.15, 0.2) is 12.1 Å². The van der Waals surface area contributed by atoms with Crippen LogP contribution in [-0.4, -0.2) is 35.6 Å². The monoisotopic (exact) mass is 279 g/mol. The number of nitrogens with one attached hydrogen (secondary N) is 1. The molecule has 4 heteroatoms. The molecule has 0 spiro atoms. The van der Waals surface area contributed by atoms with Gasteiger partial charge in [-0.1, -0.05) is 19.9 Å². The van der Waals surface area contributed by atoms with Crippen LogP contribution in [0.5, 0.6) is 0 Å². The topological polar surface area (TPSA) is 28.2 Å². The van der Waals surface area contributed by atoms with Gasteiger partial charge in [-0.2, -0.15) is 11.8 Å². The summed E-state index contributed by atoms with van der Waals surface area (Å²) in [7, 11) is 2.17. The summed E-state index contributed by atoms with van der Waals surface area (Å²) in [6, 6.07) is 5.53. The van der Waals surface area contributed by atoms with E-state index in [0.29, 0.717) is 12.1 Å². The summed E-state index contributed by atoms with van der Waals surface area (Å²) in [4.78, 5) is 7.11. The molecule has 2 heterocycles. The summed E-state index contributed by atoms with van der Waals surface area (Å²) >= 11 is 2.04. The Morgan fingerprint density at radius 3 is 2.84 bits per heavy atom. The molecule has 0 aliphatic carbocycles. The molecule has 0 amide bonds. The van der Waals surface area contributed by atoms with E-state index in [0.717, 1.165) is 18.1 Å². The second kappa shape index (κ2) is 6.62. The van der Waals surface area contributed by atoms with Crippen molar-refractivity contribution in [3.05, 3.63) is 23.4 Å². The zero-order chi connectivity index (χ0) is 13.8. The third-order valence-electron chi connectivity index (χ3n) is 3.70. The van der Waals surface area contributed by atoms with Gasteiger partial charge in [0.25, 0.3) is 0 Å². The maximum Gasteiger partial charge on any atom is 0.128 e. The molecule has 1 aromatic rings. The Kier molecular flexibility index (Phi) is 5.11. The number of nitrogens with zero attached hydrogens (tertiary/aromatic N) is 2. The largest absolute Gasteiger partial charge is 0.356 e. The van der Waals surface area contributed by atoms with Gasteiger partial charge in [0, 0.05) is 37.1 Å². The first-order chi connectivity index (χ1) is 9.08. The number of aryl methyl sites for hydroxylation is 1. The molecule has 3 nitrogen and oxygen atoms in total. The van der Waals surface area contributed by atoms with E-state index in [4.69, 9.17) is 4.98 Å².